The molecule has 4 nitrogen and oxygen atoms in total. The molecule has 2 fully saturated rings. The normalized spacial score (nSPS) is 32.0. The van der Waals surface area contributed by atoms with Crippen LogP contribution in [0.25, 0.3) is 0 Å². The summed E-state index contributed by atoms with van der Waals surface area (Å²) < 4.78 is 40.8. The van der Waals surface area contributed by atoms with Crippen LogP contribution >= 0.6 is 11.5 Å². The lowest BCUT2D eigenvalue weighted by molar-refractivity contribution is -0.144. The molecule has 0 amide bonds. The molecule has 0 saturated carbocycles. The van der Waals surface area contributed by atoms with E-state index in [0.717, 1.165) is 24.4 Å². The smallest absolute Gasteiger partial charge is 0.393 e. The maximum atomic E-state index is 12.5. The first-order valence-corrected chi connectivity index (χ1v) is 6.60. The van der Waals surface area contributed by atoms with E-state index in [4.69, 9.17) is 0 Å². The predicted octanol–water partition coefficient (Wildman–Crippen LogP) is 2.05. The van der Waals surface area contributed by atoms with Crippen LogP contribution in [0.3, 0.4) is 0 Å². The summed E-state index contributed by atoms with van der Waals surface area (Å²) in [4.78, 5) is 5.51. The molecular weight excluding hydrogens is 267 g/mol. The molecule has 0 spiro atoms. The fourth-order valence-corrected chi connectivity index (χ4v) is 3.73. The van der Waals surface area contributed by atoms with E-state index in [1.165, 1.54) is 0 Å². The third kappa shape index (κ3) is 1.97. The van der Waals surface area contributed by atoms with E-state index >= 15 is 0 Å². The number of hydrogen-bond donors (Lipinski definition) is 1. The van der Waals surface area contributed by atoms with Gasteiger partial charge >= 0.3 is 6.18 Å². The molecule has 18 heavy (non-hydrogen) atoms. The number of rotatable bonds is 1. The maximum absolute atomic E-state index is 12.5. The lowest BCUT2D eigenvalue weighted by Gasteiger charge is -2.36. The van der Waals surface area contributed by atoms with Gasteiger partial charge in [-0.1, -0.05) is 0 Å². The number of aliphatic hydroxyl groups excluding tert-OH is 1. The molecule has 2 bridgehead atoms. The number of anilines is 1. The molecule has 1 aromatic rings. The molecule has 0 aliphatic carbocycles. The summed E-state index contributed by atoms with van der Waals surface area (Å²) in [6.45, 7) is 0. The van der Waals surface area contributed by atoms with Crippen LogP contribution in [0.4, 0.5) is 18.3 Å². The van der Waals surface area contributed by atoms with Gasteiger partial charge in [-0.25, -0.2) is 0 Å². The van der Waals surface area contributed by atoms with Gasteiger partial charge in [0.25, 0.3) is 0 Å². The van der Waals surface area contributed by atoms with Gasteiger partial charge < -0.3 is 10.0 Å². The second-order valence-corrected chi connectivity index (χ2v) is 5.55. The van der Waals surface area contributed by atoms with Crippen molar-refractivity contribution >= 4 is 16.7 Å². The van der Waals surface area contributed by atoms with Crippen molar-refractivity contribution in [3.8, 4) is 0 Å². The minimum atomic E-state index is -4.48. The second kappa shape index (κ2) is 4.06. The summed E-state index contributed by atoms with van der Waals surface area (Å²) in [6.07, 6.45) is -1.79. The number of halogens is 3. The standard InChI is InChI=1S/C10H12F3N3OS/c11-10(12,13)8-14-9(18-15-8)16-5-1-2-6(16)4-7(17)3-5/h5-7,17H,1-4H2. The van der Waals surface area contributed by atoms with E-state index in [2.05, 4.69) is 9.36 Å². The quantitative estimate of drug-likeness (QED) is 0.854. The Bertz CT molecular complexity index is 436. The van der Waals surface area contributed by atoms with Crippen LogP contribution < -0.4 is 4.90 Å². The average Bonchev–Trinajstić information content (AvgIpc) is 2.81. The highest BCUT2D eigenvalue weighted by Crippen LogP contribution is 2.41. The van der Waals surface area contributed by atoms with Crippen LogP contribution in [0, 0.1) is 0 Å². The Labute approximate surface area is 106 Å². The number of fused-ring (bicyclic) bond motifs is 2. The fraction of sp³-hybridized carbons (Fsp3) is 0.800. The van der Waals surface area contributed by atoms with Crippen LogP contribution in [0.5, 0.6) is 0 Å². The molecule has 2 atom stereocenters. The van der Waals surface area contributed by atoms with E-state index in [-0.39, 0.29) is 18.2 Å². The van der Waals surface area contributed by atoms with E-state index < -0.39 is 12.0 Å². The monoisotopic (exact) mass is 279 g/mol. The highest BCUT2D eigenvalue weighted by molar-refractivity contribution is 7.09. The van der Waals surface area contributed by atoms with Crippen molar-refractivity contribution in [2.75, 3.05) is 4.90 Å². The number of piperidine rings is 1. The largest absolute Gasteiger partial charge is 0.452 e. The predicted molar refractivity (Wildman–Crippen MR) is 59.4 cm³/mol. The van der Waals surface area contributed by atoms with Gasteiger partial charge in [0.05, 0.1) is 6.10 Å². The van der Waals surface area contributed by atoms with E-state index in [9.17, 15) is 18.3 Å². The Hall–Kier alpha value is -0.890. The van der Waals surface area contributed by atoms with Crippen LogP contribution in [0.2, 0.25) is 0 Å². The molecule has 2 unspecified atom stereocenters. The lowest BCUT2D eigenvalue weighted by Crippen LogP contribution is -2.44. The van der Waals surface area contributed by atoms with Crippen molar-refractivity contribution in [2.24, 2.45) is 0 Å². The fourth-order valence-electron chi connectivity index (χ4n) is 2.90. The van der Waals surface area contributed by atoms with E-state index in [1.54, 1.807) is 0 Å². The van der Waals surface area contributed by atoms with Gasteiger partial charge in [-0.15, -0.1) is 0 Å². The SMILES string of the molecule is OC1CC2CCC(C1)N2c1nc(C(F)(F)F)ns1. The summed E-state index contributed by atoms with van der Waals surface area (Å²) >= 11 is 0.795. The van der Waals surface area contributed by atoms with Gasteiger partial charge in [0.2, 0.25) is 11.0 Å². The van der Waals surface area contributed by atoms with Crippen molar-refractivity contribution in [1.29, 1.82) is 0 Å². The van der Waals surface area contributed by atoms with Crippen LogP contribution in [-0.4, -0.2) is 32.7 Å². The first kappa shape index (κ1) is 12.2. The third-order valence-corrected chi connectivity index (χ3v) is 4.33. The third-order valence-electron chi connectivity index (χ3n) is 3.60. The Balaban J connectivity index is 1.86. The zero-order chi connectivity index (χ0) is 12.9. The highest BCUT2D eigenvalue weighted by atomic mass is 32.1. The Morgan fingerprint density at radius 1 is 1.22 bits per heavy atom. The zero-order valence-corrected chi connectivity index (χ0v) is 10.2. The number of nitrogens with zero attached hydrogens (tertiary/aromatic N) is 3. The van der Waals surface area contributed by atoms with Gasteiger partial charge in [-0.2, -0.15) is 22.5 Å². The number of hydrogen-bond acceptors (Lipinski definition) is 5. The highest BCUT2D eigenvalue weighted by Gasteiger charge is 2.43. The topological polar surface area (TPSA) is 49.2 Å². The molecule has 2 aliphatic heterocycles. The zero-order valence-electron chi connectivity index (χ0n) is 9.39. The van der Waals surface area contributed by atoms with E-state index in [1.807, 2.05) is 4.90 Å². The van der Waals surface area contributed by atoms with Crippen LogP contribution in [0.15, 0.2) is 0 Å². The van der Waals surface area contributed by atoms with Crippen molar-refractivity contribution in [1.82, 2.24) is 9.36 Å². The summed E-state index contributed by atoms with van der Waals surface area (Å²) in [7, 11) is 0. The summed E-state index contributed by atoms with van der Waals surface area (Å²) in [6, 6.07) is 0.209. The minimum absolute atomic E-state index is 0.104. The molecule has 2 aliphatic rings. The van der Waals surface area contributed by atoms with Gasteiger partial charge in [-0.05, 0) is 25.7 Å². The molecule has 100 valence electrons. The molecule has 3 heterocycles. The average molecular weight is 279 g/mol. The molecule has 0 radical (unpaired) electrons. The molecule has 2 saturated heterocycles. The van der Waals surface area contributed by atoms with Crippen molar-refractivity contribution < 1.29 is 18.3 Å². The number of aromatic nitrogens is 2. The summed E-state index contributed by atoms with van der Waals surface area (Å²) in [5.41, 5.74) is 0. The first-order chi connectivity index (χ1) is 8.45. The van der Waals surface area contributed by atoms with Crippen LogP contribution in [-0.2, 0) is 6.18 Å². The minimum Gasteiger partial charge on any atom is -0.393 e. The summed E-state index contributed by atoms with van der Waals surface area (Å²) in [5.74, 6) is -1.06. The van der Waals surface area contributed by atoms with Gasteiger partial charge in [0.1, 0.15) is 0 Å². The first-order valence-electron chi connectivity index (χ1n) is 5.82. The second-order valence-electron chi connectivity index (χ2n) is 4.82. The number of alkyl halides is 3. The molecule has 0 aromatic carbocycles. The maximum Gasteiger partial charge on any atom is 0.452 e. The van der Waals surface area contributed by atoms with Crippen molar-refractivity contribution in [3.63, 3.8) is 0 Å². The summed E-state index contributed by atoms with van der Waals surface area (Å²) in [5, 5.41) is 9.98. The van der Waals surface area contributed by atoms with Gasteiger partial charge in [0.15, 0.2) is 0 Å². The Morgan fingerprint density at radius 2 is 1.83 bits per heavy atom. The molecule has 1 N–H and O–H groups in total. The van der Waals surface area contributed by atoms with Gasteiger partial charge in [-0.3, -0.25) is 0 Å². The number of aliphatic hydroxyl groups is 1. The van der Waals surface area contributed by atoms with Crippen molar-refractivity contribution in [2.45, 2.75) is 50.0 Å². The Kier molecular flexibility index (Phi) is 2.74. The van der Waals surface area contributed by atoms with Gasteiger partial charge in [0, 0.05) is 23.6 Å². The Morgan fingerprint density at radius 3 is 2.33 bits per heavy atom. The molecule has 1 aromatic heterocycles. The van der Waals surface area contributed by atoms with Crippen molar-refractivity contribution in [3.05, 3.63) is 5.82 Å². The molecule has 3 rings (SSSR count). The van der Waals surface area contributed by atoms with Crippen LogP contribution in [0.1, 0.15) is 31.5 Å². The molecule has 8 heteroatoms. The lowest BCUT2D eigenvalue weighted by atomic mass is 10.0. The molecular formula is C10H12F3N3OS. The van der Waals surface area contributed by atoms with E-state index in [0.29, 0.717) is 18.0 Å².